The molecule has 1 saturated carbocycles. The minimum absolute atomic E-state index is 0.0534. The summed E-state index contributed by atoms with van der Waals surface area (Å²) in [6.45, 7) is 0.443. The van der Waals surface area contributed by atoms with Crippen LogP contribution in [0, 0.1) is 5.82 Å². The van der Waals surface area contributed by atoms with Crippen LogP contribution in [-0.2, 0) is 33.1 Å². The number of Topliss-reactive ketones (excluding diaryl/α,β-unsaturated/α-hetero) is 1. The first kappa shape index (κ1) is 22.7. The third-order valence-electron chi connectivity index (χ3n) is 6.68. The zero-order valence-electron chi connectivity index (χ0n) is 18.0. The van der Waals surface area contributed by atoms with Gasteiger partial charge in [0.25, 0.3) is 0 Å². The van der Waals surface area contributed by atoms with E-state index in [0.717, 1.165) is 17.8 Å². The fourth-order valence-corrected chi connectivity index (χ4v) is 4.33. The number of ether oxygens (including phenoxy) is 1. The minimum Gasteiger partial charge on any atom is -0.385 e. The van der Waals surface area contributed by atoms with Gasteiger partial charge >= 0.3 is 6.18 Å². The van der Waals surface area contributed by atoms with Crippen LogP contribution in [0.15, 0.2) is 60.8 Å². The number of ketones is 1. The van der Waals surface area contributed by atoms with Gasteiger partial charge in [-0.15, -0.1) is 0 Å². The molecule has 176 valence electrons. The summed E-state index contributed by atoms with van der Waals surface area (Å²) in [4.78, 5) is 16.7. The molecule has 3 aromatic rings. The second-order valence-corrected chi connectivity index (χ2v) is 9.02. The lowest BCUT2D eigenvalue weighted by molar-refractivity contribution is -0.142. The van der Waals surface area contributed by atoms with Crippen molar-refractivity contribution < 1.29 is 32.2 Å². The Hall–Kier alpha value is -3.10. The Morgan fingerprint density at radius 3 is 2.21 bits per heavy atom. The van der Waals surface area contributed by atoms with E-state index in [1.165, 1.54) is 12.1 Å². The van der Waals surface area contributed by atoms with Crippen LogP contribution in [0.2, 0.25) is 0 Å². The molecule has 2 heterocycles. The average Bonchev–Trinajstić information content (AvgIpc) is 3.52. The van der Waals surface area contributed by atoms with Gasteiger partial charge < -0.3 is 9.84 Å². The van der Waals surface area contributed by atoms with Crippen LogP contribution in [0.3, 0.4) is 0 Å². The molecule has 0 spiro atoms. The van der Waals surface area contributed by atoms with Gasteiger partial charge in [0.05, 0.1) is 18.8 Å². The summed E-state index contributed by atoms with van der Waals surface area (Å²) in [7, 11) is 0. The molecule has 8 heteroatoms. The zero-order chi connectivity index (χ0) is 24.1. The number of halogens is 4. The molecule has 5 rings (SSSR count). The van der Waals surface area contributed by atoms with Gasteiger partial charge in [-0.1, -0.05) is 36.4 Å². The van der Waals surface area contributed by atoms with E-state index in [-0.39, 0.29) is 36.8 Å². The van der Waals surface area contributed by atoms with Crippen LogP contribution >= 0.6 is 0 Å². The lowest BCUT2D eigenvalue weighted by Crippen LogP contribution is -2.53. The van der Waals surface area contributed by atoms with Crippen molar-refractivity contribution >= 4 is 5.78 Å². The molecule has 2 aromatic carbocycles. The number of carbonyl (C=O) groups is 1. The van der Waals surface area contributed by atoms with Crippen molar-refractivity contribution in [3.63, 3.8) is 0 Å². The topological polar surface area (TPSA) is 59.4 Å². The van der Waals surface area contributed by atoms with Crippen LogP contribution in [0.5, 0.6) is 0 Å². The van der Waals surface area contributed by atoms with E-state index in [1.807, 2.05) is 0 Å². The van der Waals surface area contributed by atoms with Crippen LogP contribution in [-0.4, -0.2) is 29.1 Å². The Kier molecular flexibility index (Phi) is 5.33. The maximum Gasteiger partial charge on any atom is 0.433 e. The Balaban J connectivity index is 1.44. The molecule has 1 N–H and O–H groups in total. The normalized spacial score (nSPS) is 18.3. The number of hydrogen-bond donors (Lipinski definition) is 1. The Labute approximate surface area is 193 Å². The first-order chi connectivity index (χ1) is 16.1. The summed E-state index contributed by atoms with van der Waals surface area (Å²) >= 11 is 0. The van der Waals surface area contributed by atoms with Crippen LogP contribution in [0.25, 0.3) is 11.1 Å². The van der Waals surface area contributed by atoms with Gasteiger partial charge in [-0.2, -0.15) is 13.2 Å². The Morgan fingerprint density at radius 2 is 1.68 bits per heavy atom. The predicted octanol–water partition coefficient (Wildman–Crippen LogP) is 4.97. The van der Waals surface area contributed by atoms with Crippen molar-refractivity contribution in [2.45, 2.75) is 36.5 Å². The van der Waals surface area contributed by atoms with E-state index in [9.17, 15) is 27.5 Å². The zero-order valence-corrected chi connectivity index (χ0v) is 18.0. The highest BCUT2D eigenvalue weighted by Crippen LogP contribution is 2.49. The molecule has 0 amide bonds. The Morgan fingerprint density at radius 1 is 1.03 bits per heavy atom. The number of hydrogen-bond acceptors (Lipinski definition) is 4. The Bertz CT molecular complexity index is 1230. The molecular weight excluding hydrogens is 450 g/mol. The number of pyridine rings is 1. The quantitative estimate of drug-likeness (QED) is 0.516. The highest BCUT2D eigenvalue weighted by atomic mass is 19.4. The molecule has 2 aliphatic rings. The second kappa shape index (κ2) is 7.99. The lowest BCUT2D eigenvalue weighted by atomic mass is 9.73. The summed E-state index contributed by atoms with van der Waals surface area (Å²) in [5.41, 5.74) is -0.489. The summed E-state index contributed by atoms with van der Waals surface area (Å²) < 4.78 is 58.1. The van der Waals surface area contributed by atoms with E-state index in [4.69, 9.17) is 4.74 Å². The number of rotatable bonds is 6. The number of carbonyl (C=O) groups excluding carboxylic acids is 1. The first-order valence-corrected chi connectivity index (χ1v) is 10.9. The van der Waals surface area contributed by atoms with Crippen LogP contribution in [0.1, 0.15) is 35.2 Å². The predicted molar refractivity (Wildman–Crippen MR) is 115 cm³/mol. The van der Waals surface area contributed by atoms with Crippen molar-refractivity contribution in [3.8, 4) is 11.1 Å². The van der Waals surface area contributed by atoms with E-state index in [0.29, 0.717) is 29.5 Å². The van der Waals surface area contributed by atoms with Gasteiger partial charge in [0.15, 0.2) is 5.78 Å². The molecule has 1 aliphatic carbocycles. The molecule has 1 saturated heterocycles. The first-order valence-electron chi connectivity index (χ1n) is 10.9. The molecule has 0 unspecified atom stereocenters. The van der Waals surface area contributed by atoms with Gasteiger partial charge in [0, 0.05) is 18.2 Å². The third kappa shape index (κ3) is 4.01. The summed E-state index contributed by atoms with van der Waals surface area (Å²) in [5.74, 6) is -0.427. The number of alkyl halides is 3. The van der Waals surface area contributed by atoms with E-state index >= 15 is 0 Å². The van der Waals surface area contributed by atoms with Crippen LogP contribution < -0.4 is 0 Å². The fourth-order valence-electron chi connectivity index (χ4n) is 4.33. The summed E-state index contributed by atoms with van der Waals surface area (Å²) in [6.07, 6.45) is -2.56. The minimum atomic E-state index is -4.61. The molecular formula is C26H21F4NO3. The smallest absolute Gasteiger partial charge is 0.385 e. The maximum atomic E-state index is 13.2. The number of benzene rings is 2. The highest BCUT2D eigenvalue weighted by Gasteiger charge is 2.47. The van der Waals surface area contributed by atoms with E-state index < -0.39 is 22.9 Å². The van der Waals surface area contributed by atoms with Crippen molar-refractivity contribution in [2.75, 3.05) is 13.2 Å². The molecule has 1 aliphatic heterocycles. The van der Waals surface area contributed by atoms with Gasteiger partial charge in [-0.25, -0.2) is 4.39 Å². The maximum absolute atomic E-state index is 13.2. The number of aliphatic hydroxyl groups is 1. The van der Waals surface area contributed by atoms with Gasteiger partial charge in [-0.05, 0) is 53.3 Å². The standard InChI is InChI=1S/C26H21F4NO3/c27-19-7-1-16(2-8-19)11-23(32)24(14-34-15-24)18-5-3-17(4-6-18)20-13-31-22(26(28,29)30)12-21(20)25(33)9-10-25/h1-8,12-13,33H,9-11,14-15H2. The SMILES string of the molecule is O=C(Cc1ccc(F)cc1)C1(c2ccc(-c3cnc(C(F)(F)F)cc3C3(O)CC3)cc2)COC1. The number of nitrogens with zero attached hydrogens (tertiary/aromatic N) is 1. The fraction of sp³-hybridized carbons (Fsp3) is 0.308. The highest BCUT2D eigenvalue weighted by molar-refractivity contribution is 5.93. The molecule has 1 aromatic heterocycles. The van der Waals surface area contributed by atoms with Gasteiger partial charge in [0.2, 0.25) is 0 Å². The van der Waals surface area contributed by atoms with Crippen molar-refractivity contribution in [3.05, 3.63) is 89.0 Å². The summed E-state index contributed by atoms with van der Waals surface area (Å²) in [6, 6.07) is 13.7. The molecule has 0 radical (unpaired) electrons. The summed E-state index contributed by atoms with van der Waals surface area (Å²) in [5, 5.41) is 10.6. The van der Waals surface area contributed by atoms with Crippen LogP contribution in [0.4, 0.5) is 17.6 Å². The lowest BCUT2D eigenvalue weighted by Gasteiger charge is -2.40. The monoisotopic (exact) mass is 471 g/mol. The van der Waals surface area contributed by atoms with E-state index in [2.05, 4.69) is 4.98 Å². The largest absolute Gasteiger partial charge is 0.433 e. The molecule has 34 heavy (non-hydrogen) atoms. The molecule has 0 bridgehead atoms. The van der Waals surface area contributed by atoms with Crippen molar-refractivity contribution in [1.82, 2.24) is 4.98 Å². The van der Waals surface area contributed by atoms with E-state index in [1.54, 1.807) is 36.4 Å². The molecule has 4 nitrogen and oxygen atoms in total. The van der Waals surface area contributed by atoms with Gasteiger partial charge in [0.1, 0.15) is 16.9 Å². The van der Waals surface area contributed by atoms with Crippen molar-refractivity contribution in [1.29, 1.82) is 0 Å². The van der Waals surface area contributed by atoms with Crippen molar-refractivity contribution in [2.24, 2.45) is 0 Å². The average molecular weight is 471 g/mol. The van der Waals surface area contributed by atoms with Gasteiger partial charge in [-0.3, -0.25) is 9.78 Å². The number of aromatic nitrogens is 1. The molecule has 2 fully saturated rings. The second-order valence-electron chi connectivity index (χ2n) is 9.02. The third-order valence-corrected chi connectivity index (χ3v) is 6.68. The molecule has 0 atom stereocenters.